The van der Waals surface area contributed by atoms with Crippen molar-refractivity contribution in [3.63, 3.8) is 0 Å². The Morgan fingerprint density at radius 2 is 1.87 bits per heavy atom. The average Bonchev–Trinajstić information content (AvgIpc) is 3.44. The highest BCUT2D eigenvalue weighted by molar-refractivity contribution is 5.83. The fourth-order valence-corrected chi connectivity index (χ4v) is 4.98. The second-order valence-corrected chi connectivity index (χ2v) is 8.71. The van der Waals surface area contributed by atoms with Gasteiger partial charge >= 0.3 is 5.97 Å². The topological polar surface area (TPSA) is 103 Å². The Hall–Kier alpha value is -2.59. The number of amides is 1. The maximum Gasteiger partial charge on any atom is 0.306 e. The Labute approximate surface area is 177 Å². The van der Waals surface area contributed by atoms with Gasteiger partial charge in [0.2, 0.25) is 5.91 Å². The van der Waals surface area contributed by atoms with E-state index >= 15 is 0 Å². The molecule has 0 aromatic heterocycles. The quantitative estimate of drug-likeness (QED) is 0.772. The van der Waals surface area contributed by atoms with E-state index in [1.165, 1.54) is 5.56 Å². The summed E-state index contributed by atoms with van der Waals surface area (Å²) in [6.45, 7) is 1.43. The molecule has 160 valence electrons. The summed E-state index contributed by atoms with van der Waals surface area (Å²) in [7, 11) is 0. The van der Waals surface area contributed by atoms with Gasteiger partial charge in [0.05, 0.1) is 24.1 Å². The number of ether oxygens (including phenoxy) is 1. The van der Waals surface area contributed by atoms with Crippen LogP contribution in [-0.4, -0.2) is 53.2 Å². The molecule has 2 heterocycles. The maximum atomic E-state index is 12.8. The van der Waals surface area contributed by atoms with E-state index in [-0.39, 0.29) is 35.9 Å². The fraction of sp³-hybridized carbons (Fsp3) is 0.609. The molecule has 1 saturated carbocycles. The molecule has 0 unspecified atom stereocenters. The van der Waals surface area contributed by atoms with Crippen LogP contribution >= 0.6 is 0 Å². The number of aliphatic carboxylic acids is 1. The number of hydrogen-bond acceptors (Lipinski definition) is 5. The summed E-state index contributed by atoms with van der Waals surface area (Å²) in [4.78, 5) is 25.6. The van der Waals surface area contributed by atoms with E-state index in [4.69, 9.17) is 9.84 Å². The zero-order chi connectivity index (χ0) is 21.1. The van der Waals surface area contributed by atoms with Crippen molar-refractivity contribution in [1.29, 1.82) is 5.26 Å². The Balaban J connectivity index is 1.29. The molecule has 0 bridgehead atoms. The zero-order valence-electron chi connectivity index (χ0n) is 17.1. The highest BCUT2D eigenvalue weighted by atomic mass is 16.5. The van der Waals surface area contributed by atoms with Gasteiger partial charge in [-0.1, -0.05) is 12.1 Å². The monoisotopic (exact) mass is 411 g/mol. The molecule has 1 amide bonds. The number of rotatable bonds is 5. The van der Waals surface area contributed by atoms with Crippen molar-refractivity contribution < 1.29 is 19.4 Å². The average molecular weight is 412 g/mol. The van der Waals surface area contributed by atoms with Gasteiger partial charge in [0.25, 0.3) is 0 Å². The van der Waals surface area contributed by atoms with Crippen LogP contribution in [0.3, 0.4) is 0 Å². The smallest absolute Gasteiger partial charge is 0.306 e. The van der Waals surface area contributed by atoms with E-state index in [1.54, 1.807) is 4.90 Å². The van der Waals surface area contributed by atoms with Gasteiger partial charge in [0, 0.05) is 13.1 Å². The predicted molar refractivity (Wildman–Crippen MR) is 110 cm³/mol. The Bertz CT molecular complexity index is 811. The molecule has 2 N–H and O–H groups in total. The molecule has 2 aliphatic heterocycles. The summed E-state index contributed by atoms with van der Waals surface area (Å²) < 4.78 is 6.05. The van der Waals surface area contributed by atoms with Crippen molar-refractivity contribution in [3.8, 4) is 11.8 Å². The minimum Gasteiger partial charge on any atom is -0.490 e. The van der Waals surface area contributed by atoms with Crippen molar-refractivity contribution in [1.82, 2.24) is 10.2 Å². The van der Waals surface area contributed by atoms with Gasteiger partial charge in [-0.2, -0.15) is 5.26 Å². The highest BCUT2D eigenvalue weighted by Gasteiger charge is 2.37. The lowest BCUT2D eigenvalue weighted by atomic mass is 9.87. The molecule has 0 radical (unpaired) electrons. The largest absolute Gasteiger partial charge is 0.490 e. The molecule has 0 spiro atoms. The lowest BCUT2D eigenvalue weighted by Crippen LogP contribution is -2.45. The van der Waals surface area contributed by atoms with Gasteiger partial charge in [0.15, 0.2) is 0 Å². The van der Waals surface area contributed by atoms with Crippen molar-refractivity contribution in [2.24, 2.45) is 5.92 Å². The lowest BCUT2D eigenvalue weighted by molar-refractivity contribution is -0.143. The number of nitrogens with zero attached hydrogens (tertiary/aromatic N) is 2. The first-order valence-corrected chi connectivity index (χ1v) is 11.0. The molecule has 3 aliphatic rings. The van der Waals surface area contributed by atoms with Gasteiger partial charge < -0.3 is 20.1 Å². The third-order valence-corrected chi connectivity index (χ3v) is 6.79. The Morgan fingerprint density at radius 1 is 1.13 bits per heavy atom. The summed E-state index contributed by atoms with van der Waals surface area (Å²) in [5, 5.41) is 21.7. The van der Waals surface area contributed by atoms with Crippen molar-refractivity contribution in [2.45, 2.75) is 69.1 Å². The molecule has 4 rings (SSSR count). The van der Waals surface area contributed by atoms with Crippen LogP contribution in [0.2, 0.25) is 0 Å². The van der Waals surface area contributed by atoms with Crippen molar-refractivity contribution in [2.75, 3.05) is 13.1 Å². The summed E-state index contributed by atoms with van der Waals surface area (Å²) in [6, 6.07) is 9.81. The molecule has 7 heteroatoms. The summed E-state index contributed by atoms with van der Waals surface area (Å²) in [5.74, 6) is 0.194. The number of carboxylic acid groups (broad SMARTS) is 1. The number of hydrogen-bond donors (Lipinski definition) is 2. The molecule has 7 nitrogen and oxygen atoms in total. The van der Waals surface area contributed by atoms with E-state index in [0.29, 0.717) is 19.4 Å². The SMILES string of the molecule is N#C[C@@H]1CCCN1C(=O)[C@@H]1C[C@H](c2ccc(OC3CCC(C(=O)O)CC3)cc2)CN1. The molecular formula is C23H29N3O4. The van der Waals surface area contributed by atoms with E-state index in [0.717, 1.165) is 44.4 Å². The first-order chi connectivity index (χ1) is 14.5. The van der Waals surface area contributed by atoms with Crippen LogP contribution in [0.5, 0.6) is 5.75 Å². The number of benzene rings is 1. The molecule has 2 saturated heterocycles. The molecule has 30 heavy (non-hydrogen) atoms. The number of likely N-dealkylation sites (tertiary alicyclic amines) is 1. The van der Waals surface area contributed by atoms with Gasteiger partial charge in [-0.25, -0.2) is 0 Å². The van der Waals surface area contributed by atoms with Crippen LogP contribution < -0.4 is 10.1 Å². The Morgan fingerprint density at radius 3 is 2.53 bits per heavy atom. The van der Waals surface area contributed by atoms with Gasteiger partial charge in [0.1, 0.15) is 11.8 Å². The first kappa shape index (κ1) is 20.7. The third kappa shape index (κ3) is 4.44. The van der Waals surface area contributed by atoms with Gasteiger partial charge in [-0.05, 0) is 68.6 Å². The number of carbonyl (C=O) groups is 2. The van der Waals surface area contributed by atoms with E-state index in [9.17, 15) is 14.9 Å². The summed E-state index contributed by atoms with van der Waals surface area (Å²) in [5.41, 5.74) is 1.18. The normalized spacial score (nSPS) is 31.3. The Kier molecular flexibility index (Phi) is 6.24. The second-order valence-electron chi connectivity index (χ2n) is 8.71. The highest BCUT2D eigenvalue weighted by Crippen LogP contribution is 2.31. The molecule has 3 atom stereocenters. The number of carboxylic acids is 1. The second kappa shape index (κ2) is 9.05. The van der Waals surface area contributed by atoms with Crippen LogP contribution in [0.4, 0.5) is 0 Å². The number of nitriles is 1. The molecule has 1 aromatic rings. The van der Waals surface area contributed by atoms with E-state index in [2.05, 4.69) is 23.5 Å². The third-order valence-electron chi connectivity index (χ3n) is 6.79. The lowest BCUT2D eigenvalue weighted by Gasteiger charge is -2.27. The number of carbonyl (C=O) groups excluding carboxylic acids is 1. The zero-order valence-corrected chi connectivity index (χ0v) is 17.1. The van der Waals surface area contributed by atoms with Crippen LogP contribution in [0.25, 0.3) is 0 Å². The molecule has 1 aromatic carbocycles. The van der Waals surface area contributed by atoms with Crippen molar-refractivity contribution >= 4 is 11.9 Å². The predicted octanol–water partition coefficient (Wildman–Crippen LogP) is 2.67. The minimum absolute atomic E-state index is 0.0541. The van der Waals surface area contributed by atoms with Crippen LogP contribution in [0, 0.1) is 17.2 Å². The summed E-state index contributed by atoms with van der Waals surface area (Å²) in [6.07, 6.45) is 5.39. The first-order valence-electron chi connectivity index (χ1n) is 11.0. The number of nitrogens with one attached hydrogen (secondary N) is 1. The van der Waals surface area contributed by atoms with E-state index in [1.807, 2.05) is 12.1 Å². The molecule has 1 aliphatic carbocycles. The standard InChI is InChI=1S/C23H29N3O4/c24-13-18-2-1-11-26(18)22(27)21-12-17(14-25-21)15-3-7-19(8-4-15)30-20-9-5-16(6-10-20)23(28)29/h3-4,7-8,16-18,20-21,25H,1-2,5-6,9-12,14H2,(H,28,29)/t16?,17-,18-,20?,21-/m0/s1. The molecule has 3 fully saturated rings. The van der Waals surface area contributed by atoms with Gasteiger partial charge in [-0.15, -0.1) is 0 Å². The van der Waals surface area contributed by atoms with E-state index < -0.39 is 5.97 Å². The fourth-order valence-electron chi connectivity index (χ4n) is 4.98. The summed E-state index contributed by atoms with van der Waals surface area (Å²) >= 11 is 0. The van der Waals surface area contributed by atoms with Gasteiger partial charge in [-0.3, -0.25) is 9.59 Å². The van der Waals surface area contributed by atoms with Crippen LogP contribution in [-0.2, 0) is 9.59 Å². The van der Waals surface area contributed by atoms with Crippen LogP contribution in [0.15, 0.2) is 24.3 Å². The van der Waals surface area contributed by atoms with Crippen LogP contribution in [0.1, 0.15) is 56.4 Å². The van der Waals surface area contributed by atoms with Crippen molar-refractivity contribution in [3.05, 3.63) is 29.8 Å². The minimum atomic E-state index is -0.701. The maximum absolute atomic E-state index is 12.8. The molecular weight excluding hydrogens is 382 g/mol.